The van der Waals surface area contributed by atoms with Gasteiger partial charge in [0, 0.05) is 48.0 Å². The van der Waals surface area contributed by atoms with Crippen LogP contribution >= 0.6 is 0 Å². The Balaban J connectivity index is 1.40. The number of pyridine rings is 1. The SMILES string of the molecule is Oc1cc2nc3c(c(NC4CCN(c5ccc(F)cc5F)CC4)c2cc1O)CCC3. The van der Waals surface area contributed by atoms with E-state index in [0.717, 1.165) is 54.9 Å². The van der Waals surface area contributed by atoms with Gasteiger partial charge in [0.25, 0.3) is 0 Å². The van der Waals surface area contributed by atoms with Crippen LogP contribution in [-0.4, -0.2) is 34.3 Å². The fourth-order valence-electron chi connectivity index (χ4n) is 4.66. The van der Waals surface area contributed by atoms with Crippen LogP contribution in [0.25, 0.3) is 10.9 Å². The highest BCUT2D eigenvalue weighted by Gasteiger charge is 2.26. The molecule has 0 bridgehead atoms. The molecule has 5 rings (SSSR count). The Morgan fingerprint density at radius 3 is 2.53 bits per heavy atom. The van der Waals surface area contributed by atoms with Crippen molar-refractivity contribution in [2.75, 3.05) is 23.3 Å². The van der Waals surface area contributed by atoms with Gasteiger partial charge in [0.15, 0.2) is 11.5 Å². The Labute approximate surface area is 173 Å². The van der Waals surface area contributed by atoms with Crippen molar-refractivity contribution in [2.45, 2.75) is 38.1 Å². The third-order valence-corrected chi connectivity index (χ3v) is 6.20. The number of hydrogen-bond donors (Lipinski definition) is 3. The molecule has 2 aromatic carbocycles. The number of rotatable bonds is 3. The quantitative estimate of drug-likeness (QED) is 0.554. The zero-order valence-corrected chi connectivity index (χ0v) is 16.5. The number of piperidine rings is 1. The Kier molecular flexibility index (Phi) is 4.60. The zero-order valence-electron chi connectivity index (χ0n) is 16.5. The number of nitrogens with one attached hydrogen (secondary N) is 1. The van der Waals surface area contributed by atoms with Crippen LogP contribution in [0.5, 0.6) is 11.5 Å². The van der Waals surface area contributed by atoms with Gasteiger partial charge in [-0.2, -0.15) is 0 Å². The van der Waals surface area contributed by atoms with Gasteiger partial charge in [-0.05, 0) is 55.9 Å². The molecular formula is C23H23F2N3O2. The number of aromatic hydroxyl groups is 2. The highest BCUT2D eigenvalue weighted by molar-refractivity contribution is 5.96. The number of phenolic OH excluding ortho intramolecular Hbond substituents is 2. The second kappa shape index (κ2) is 7.31. The molecule has 0 radical (unpaired) electrons. The molecule has 2 aliphatic rings. The molecular weight excluding hydrogens is 388 g/mol. The fourth-order valence-corrected chi connectivity index (χ4v) is 4.66. The number of hydrogen-bond acceptors (Lipinski definition) is 5. The van der Waals surface area contributed by atoms with Gasteiger partial charge in [-0.1, -0.05) is 0 Å². The van der Waals surface area contributed by atoms with Crippen LogP contribution in [0.3, 0.4) is 0 Å². The minimum absolute atomic E-state index is 0.160. The normalized spacial score (nSPS) is 16.8. The highest BCUT2D eigenvalue weighted by atomic mass is 19.1. The van der Waals surface area contributed by atoms with Crippen LogP contribution in [0.15, 0.2) is 30.3 Å². The highest BCUT2D eigenvalue weighted by Crippen LogP contribution is 2.39. The maximum atomic E-state index is 14.1. The van der Waals surface area contributed by atoms with Crippen molar-refractivity contribution in [3.63, 3.8) is 0 Å². The number of fused-ring (bicyclic) bond motifs is 2. The lowest BCUT2D eigenvalue weighted by Crippen LogP contribution is -2.39. The minimum Gasteiger partial charge on any atom is -0.504 e. The second-order valence-corrected chi connectivity index (χ2v) is 8.13. The van der Waals surface area contributed by atoms with E-state index < -0.39 is 11.6 Å². The molecule has 0 atom stereocenters. The second-order valence-electron chi connectivity index (χ2n) is 8.13. The summed E-state index contributed by atoms with van der Waals surface area (Å²) in [6.07, 6.45) is 4.48. The van der Waals surface area contributed by atoms with Crippen LogP contribution in [0.2, 0.25) is 0 Å². The van der Waals surface area contributed by atoms with E-state index in [1.54, 1.807) is 6.07 Å². The molecule has 0 saturated carbocycles. The Hall–Kier alpha value is -3.09. The first-order valence-corrected chi connectivity index (χ1v) is 10.3. The van der Waals surface area contributed by atoms with E-state index in [0.29, 0.717) is 24.3 Å². The maximum absolute atomic E-state index is 14.1. The summed E-state index contributed by atoms with van der Waals surface area (Å²) >= 11 is 0. The number of nitrogens with zero attached hydrogens (tertiary/aromatic N) is 2. The molecule has 156 valence electrons. The van der Waals surface area contributed by atoms with Crippen LogP contribution < -0.4 is 10.2 Å². The summed E-state index contributed by atoms with van der Waals surface area (Å²) in [7, 11) is 0. The zero-order chi connectivity index (χ0) is 20.8. The van der Waals surface area contributed by atoms with E-state index in [-0.39, 0.29) is 17.5 Å². The topological polar surface area (TPSA) is 68.6 Å². The van der Waals surface area contributed by atoms with Gasteiger partial charge < -0.3 is 20.4 Å². The molecule has 3 N–H and O–H groups in total. The summed E-state index contributed by atoms with van der Waals surface area (Å²) < 4.78 is 27.3. The number of aryl methyl sites for hydroxylation is 1. The summed E-state index contributed by atoms with van der Waals surface area (Å²) in [5.74, 6) is -1.43. The van der Waals surface area contributed by atoms with E-state index in [4.69, 9.17) is 0 Å². The third-order valence-electron chi connectivity index (χ3n) is 6.20. The number of benzene rings is 2. The number of halogens is 2. The molecule has 1 aromatic heterocycles. The first-order chi connectivity index (χ1) is 14.5. The lowest BCUT2D eigenvalue weighted by atomic mass is 10.0. The van der Waals surface area contributed by atoms with Crippen molar-refractivity contribution in [1.29, 1.82) is 0 Å². The molecule has 1 aliphatic heterocycles. The van der Waals surface area contributed by atoms with Crippen molar-refractivity contribution in [3.8, 4) is 11.5 Å². The van der Waals surface area contributed by atoms with Gasteiger partial charge in [-0.3, -0.25) is 4.98 Å². The molecule has 30 heavy (non-hydrogen) atoms. The molecule has 0 spiro atoms. The van der Waals surface area contributed by atoms with Gasteiger partial charge in [-0.15, -0.1) is 0 Å². The van der Waals surface area contributed by atoms with E-state index in [9.17, 15) is 19.0 Å². The van der Waals surface area contributed by atoms with Gasteiger partial charge in [0.1, 0.15) is 11.6 Å². The van der Waals surface area contributed by atoms with E-state index in [1.807, 2.05) is 4.90 Å². The van der Waals surface area contributed by atoms with E-state index in [1.165, 1.54) is 23.8 Å². The average molecular weight is 411 g/mol. The number of aromatic nitrogens is 1. The van der Waals surface area contributed by atoms with Crippen molar-refractivity contribution in [2.24, 2.45) is 0 Å². The lowest BCUT2D eigenvalue weighted by Gasteiger charge is -2.35. The number of anilines is 2. The Morgan fingerprint density at radius 2 is 1.77 bits per heavy atom. The largest absolute Gasteiger partial charge is 0.504 e. The summed E-state index contributed by atoms with van der Waals surface area (Å²) in [5.41, 5.74) is 4.31. The Bertz CT molecular complexity index is 1130. The lowest BCUT2D eigenvalue weighted by molar-refractivity contribution is 0.405. The monoisotopic (exact) mass is 411 g/mol. The molecule has 3 aromatic rings. The molecule has 1 fully saturated rings. The predicted octanol–water partition coefficient (Wildman–Crippen LogP) is 4.49. The first-order valence-electron chi connectivity index (χ1n) is 10.3. The molecule has 7 heteroatoms. The van der Waals surface area contributed by atoms with Crippen molar-refractivity contribution in [3.05, 3.63) is 53.2 Å². The average Bonchev–Trinajstić information content (AvgIpc) is 3.18. The van der Waals surface area contributed by atoms with Crippen LogP contribution in [0, 0.1) is 11.6 Å². The van der Waals surface area contributed by atoms with Crippen molar-refractivity contribution < 1.29 is 19.0 Å². The smallest absolute Gasteiger partial charge is 0.159 e. The predicted molar refractivity (Wildman–Crippen MR) is 112 cm³/mol. The molecule has 0 amide bonds. The van der Waals surface area contributed by atoms with E-state index in [2.05, 4.69) is 10.3 Å². The molecule has 1 aliphatic carbocycles. The van der Waals surface area contributed by atoms with Crippen LogP contribution in [-0.2, 0) is 12.8 Å². The van der Waals surface area contributed by atoms with Crippen LogP contribution in [0.1, 0.15) is 30.5 Å². The standard InChI is InChI=1S/C23H23F2N3O2/c24-13-4-5-20(17(25)10-13)28-8-6-14(7-9-28)26-23-15-2-1-3-18(15)27-19-12-22(30)21(29)11-16(19)23/h4-5,10-12,14,29-30H,1-3,6-9H2,(H,26,27). The number of phenols is 2. The van der Waals surface area contributed by atoms with Gasteiger partial charge in [0.2, 0.25) is 0 Å². The summed E-state index contributed by atoms with van der Waals surface area (Å²) in [6.45, 7) is 1.33. The van der Waals surface area contributed by atoms with Crippen molar-refractivity contribution >= 4 is 22.3 Å². The Morgan fingerprint density at radius 1 is 1.00 bits per heavy atom. The summed E-state index contributed by atoms with van der Waals surface area (Å²) in [6, 6.07) is 6.98. The summed E-state index contributed by atoms with van der Waals surface area (Å²) in [4.78, 5) is 6.64. The maximum Gasteiger partial charge on any atom is 0.159 e. The first kappa shape index (κ1) is 18.9. The van der Waals surface area contributed by atoms with Crippen LogP contribution in [0.4, 0.5) is 20.2 Å². The summed E-state index contributed by atoms with van der Waals surface area (Å²) in [5, 5.41) is 24.4. The molecule has 5 nitrogen and oxygen atoms in total. The molecule has 1 saturated heterocycles. The molecule has 2 heterocycles. The molecule has 0 unspecified atom stereocenters. The van der Waals surface area contributed by atoms with Gasteiger partial charge >= 0.3 is 0 Å². The fraction of sp³-hybridized carbons (Fsp3) is 0.348. The van der Waals surface area contributed by atoms with Gasteiger partial charge in [0.05, 0.1) is 11.2 Å². The van der Waals surface area contributed by atoms with Crippen molar-refractivity contribution in [1.82, 2.24) is 4.98 Å². The van der Waals surface area contributed by atoms with E-state index >= 15 is 0 Å². The minimum atomic E-state index is -0.569. The van der Waals surface area contributed by atoms with Gasteiger partial charge in [-0.25, -0.2) is 8.78 Å². The third kappa shape index (κ3) is 3.28.